The van der Waals surface area contributed by atoms with E-state index >= 15 is 0 Å². The summed E-state index contributed by atoms with van der Waals surface area (Å²) >= 11 is 0. The van der Waals surface area contributed by atoms with Crippen molar-refractivity contribution >= 4 is 17.8 Å². The molecular formula is C20H23FN4O3. The van der Waals surface area contributed by atoms with Crippen molar-refractivity contribution in [1.82, 2.24) is 21.1 Å². The second-order valence-corrected chi connectivity index (χ2v) is 5.94. The fourth-order valence-corrected chi connectivity index (χ4v) is 2.47. The molecule has 28 heavy (non-hydrogen) atoms. The van der Waals surface area contributed by atoms with E-state index in [0.29, 0.717) is 18.7 Å². The van der Waals surface area contributed by atoms with Crippen LogP contribution in [0.2, 0.25) is 0 Å². The lowest BCUT2D eigenvalue weighted by Crippen LogP contribution is -2.46. The van der Waals surface area contributed by atoms with Crippen LogP contribution in [0.4, 0.5) is 9.18 Å². The number of halogens is 1. The number of rotatable bonds is 6. The molecule has 0 spiro atoms. The summed E-state index contributed by atoms with van der Waals surface area (Å²) in [6, 6.07) is 11.3. The summed E-state index contributed by atoms with van der Waals surface area (Å²) in [7, 11) is 0. The highest BCUT2D eigenvalue weighted by atomic mass is 19.1. The first kappa shape index (κ1) is 20.9. The maximum Gasteiger partial charge on any atom is 0.333 e. The van der Waals surface area contributed by atoms with Crippen molar-refractivity contribution in [2.45, 2.75) is 20.4 Å². The van der Waals surface area contributed by atoms with Gasteiger partial charge in [0, 0.05) is 30.8 Å². The second kappa shape index (κ2) is 10.1. The number of benzene rings is 2. The van der Waals surface area contributed by atoms with E-state index in [-0.39, 0.29) is 18.0 Å². The van der Waals surface area contributed by atoms with E-state index in [0.717, 1.165) is 17.7 Å². The largest absolute Gasteiger partial charge is 0.339 e. The van der Waals surface area contributed by atoms with Crippen molar-refractivity contribution in [2.24, 2.45) is 0 Å². The first-order valence-corrected chi connectivity index (χ1v) is 8.92. The van der Waals surface area contributed by atoms with Crippen LogP contribution in [0.5, 0.6) is 0 Å². The number of urea groups is 1. The molecule has 2 aromatic carbocycles. The average Bonchev–Trinajstić information content (AvgIpc) is 2.72. The Balaban J connectivity index is 1.80. The summed E-state index contributed by atoms with van der Waals surface area (Å²) < 4.78 is 12.8. The van der Waals surface area contributed by atoms with Crippen molar-refractivity contribution in [1.29, 1.82) is 0 Å². The first-order chi connectivity index (χ1) is 13.4. The van der Waals surface area contributed by atoms with Crippen LogP contribution in [0.25, 0.3) is 0 Å². The summed E-state index contributed by atoms with van der Waals surface area (Å²) in [5.41, 5.74) is 6.06. The van der Waals surface area contributed by atoms with Gasteiger partial charge in [0.05, 0.1) is 0 Å². The van der Waals surface area contributed by atoms with Gasteiger partial charge in [-0.15, -0.1) is 0 Å². The Bertz CT molecular complexity index is 818. The molecule has 2 aromatic rings. The highest BCUT2D eigenvalue weighted by Crippen LogP contribution is 2.08. The Morgan fingerprint density at radius 3 is 2.00 bits per heavy atom. The number of nitrogens with zero attached hydrogens (tertiary/aromatic N) is 1. The summed E-state index contributed by atoms with van der Waals surface area (Å²) in [5.74, 6) is -1.05. The number of hydrogen-bond donors (Lipinski definition) is 3. The maximum atomic E-state index is 12.8. The molecule has 0 heterocycles. The Labute approximate surface area is 162 Å². The van der Waals surface area contributed by atoms with Crippen LogP contribution in [0.1, 0.15) is 40.1 Å². The third-order valence-electron chi connectivity index (χ3n) is 4.10. The third kappa shape index (κ3) is 5.80. The zero-order valence-corrected chi connectivity index (χ0v) is 15.8. The Kier molecular flexibility index (Phi) is 7.50. The van der Waals surface area contributed by atoms with Crippen LogP contribution in [0.3, 0.4) is 0 Å². The van der Waals surface area contributed by atoms with E-state index in [4.69, 9.17) is 0 Å². The second-order valence-electron chi connectivity index (χ2n) is 5.94. The van der Waals surface area contributed by atoms with Crippen LogP contribution < -0.4 is 16.2 Å². The zero-order chi connectivity index (χ0) is 20.5. The quantitative estimate of drug-likeness (QED) is 0.666. The molecule has 2 rings (SSSR count). The summed E-state index contributed by atoms with van der Waals surface area (Å²) in [6.45, 7) is 5.35. The third-order valence-corrected chi connectivity index (χ3v) is 4.10. The predicted molar refractivity (Wildman–Crippen MR) is 103 cm³/mol. The molecule has 4 amide bonds. The molecule has 148 valence electrons. The predicted octanol–water partition coefficient (Wildman–Crippen LogP) is 2.45. The molecular weight excluding hydrogens is 363 g/mol. The van der Waals surface area contributed by atoms with Crippen LogP contribution in [-0.4, -0.2) is 35.8 Å². The van der Waals surface area contributed by atoms with E-state index in [1.807, 2.05) is 13.8 Å². The van der Waals surface area contributed by atoms with E-state index in [1.165, 1.54) is 12.1 Å². The van der Waals surface area contributed by atoms with E-state index < -0.39 is 17.8 Å². The van der Waals surface area contributed by atoms with Gasteiger partial charge in [0.1, 0.15) is 5.82 Å². The van der Waals surface area contributed by atoms with Gasteiger partial charge in [-0.3, -0.25) is 15.0 Å². The van der Waals surface area contributed by atoms with Crippen molar-refractivity contribution in [3.8, 4) is 0 Å². The molecule has 0 saturated heterocycles. The summed E-state index contributed by atoms with van der Waals surface area (Å²) in [5, 5.41) is 2.59. The van der Waals surface area contributed by atoms with Gasteiger partial charge in [0.2, 0.25) is 0 Å². The molecule has 0 atom stereocenters. The number of carbonyl (C=O) groups is 3. The SMILES string of the molecule is CCN(CC)C(=O)c1ccc(CNC(=O)NNC(=O)c2ccc(F)cc2)cc1. The Morgan fingerprint density at radius 1 is 0.857 bits per heavy atom. The monoisotopic (exact) mass is 386 g/mol. The number of nitrogens with one attached hydrogen (secondary N) is 3. The van der Waals surface area contributed by atoms with Gasteiger partial charge in [-0.1, -0.05) is 12.1 Å². The van der Waals surface area contributed by atoms with Gasteiger partial charge in [-0.2, -0.15) is 0 Å². The molecule has 0 aromatic heterocycles. The fraction of sp³-hybridized carbons (Fsp3) is 0.250. The van der Waals surface area contributed by atoms with Crippen molar-refractivity contribution < 1.29 is 18.8 Å². The van der Waals surface area contributed by atoms with Crippen molar-refractivity contribution in [3.63, 3.8) is 0 Å². The molecule has 0 aliphatic carbocycles. The Hall–Kier alpha value is -3.42. The summed E-state index contributed by atoms with van der Waals surface area (Å²) in [6.07, 6.45) is 0. The van der Waals surface area contributed by atoms with Crippen LogP contribution in [-0.2, 0) is 6.54 Å². The first-order valence-electron chi connectivity index (χ1n) is 8.92. The number of carbonyl (C=O) groups excluding carboxylic acids is 3. The van der Waals surface area contributed by atoms with Crippen LogP contribution in [0.15, 0.2) is 48.5 Å². The lowest BCUT2D eigenvalue weighted by Gasteiger charge is -2.18. The minimum Gasteiger partial charge on any atom is -0.339 e. The highest BCUT2D eigenvalue weighted by Gasteiger charge is 2.12. The molecule has 0 bridgehead atoms. The lowest BCUT2D eigenvalue weighted by atomic mass is 10.1. The Morgan fingerprint density at radius 2 is 1.43 bits per heavy atom. The van der Waals surface area contributed by atoms with Crippen molar-refractivity contribution in [2.75, 3.05) is 13.1 Å². The smallest absolute Gasteiger partial charge is 0.333 e. The summed E-state index contributed by atoms with van der Waals surface area (Å²) in [4.78, 5) is 37.6. The molecule has 3 N–H and O–H groups in total. The highest BCUT2D eigenvalue weighted by molar-refractivity contribution is 5.95. The van der Waals surface area contributed by atoms with Gasteiger partial charge in [-0.05, 0) is 55.8 Å². The van der Waals surface area contributed by atoms with Gasteiger partial charge in [0.15, 0.2) is 0 Å². The van der Waals surface area contributed by atoms with Gasteiger partial charge in [-0.25, -0.2) is 14.6 Å². The van der Waals surface area contributed by atoms with Crippen LogP contribution >= 0.6 is 0 Å². The molecule has 0 unspecified atom stereocenters. The van der Waals surface area contributed by atoms with Crippen molar-refractivity contribution in [3.05, 3.63) is 71.0 Å². The lowest BCUT2D eigenvalue weighted by molar-refractivity contribution is 0.0772. The molecule has 0 fully saturated rings. The van der Waals surface area contributed by atoms with Gasteiger partial charge in [0.25, 0.3) is 11.8 Å². The molecule has 8 heteroatoms. The average molecular weight is 386 g/mol. The molecule has 0 radical (unpaired) electrons. The number of hydrogen-bond acceptors (Lipinski definition) is 3. The zero-order valence-electron chi connectivity index (χ0n) is 15.8. The molecule has 0 aliphatic rings. The van der Waals surface area contributed by atoms with Crippen LogP contribution in [0, 0.1) is 5.82 Å². The molecule has 0 saturated carbocycles. The standard InChI is InChI=1S/C20H23FN4O3/c1-3-25(4-2)19(27)16-7-5-14(6-8-16)13-22-20(28)24-23-18(26)15-9-11-17(21)12-10-15/h5-12H,3-4,13H2,1-2H3,(H,23,26)(H2,22,24,28). The van der Waals surface area contributed by atoms with E-state index in [9.17, 15) is 18.8 Å². The maximum absolute atomic E-state index is 12.8. The molecule has 0 aliphatic heterocycles. The number of amides is 4. The fourth-order valence-electron chi connectivity index (χ4n) is 2.47. The normalized spacial score (nSPS) is 10.1. The van der Waals surface area contributed by atoms with Gasteiger partial charge >= 0.3 is 6.03 Å². The number of hydrazine groups is 1. The minimum absolute atomic E-state index is 0.0363. The van der Waals surface area contributed by atoms with E-state index in [1.54, 1.807) is 29.2 Å². The van der Waals surface area contributed by atoms with E-state index in [2.05, 4.69) is 16.2 Å². The topological polar surface area (TPSA) is 90.5 Å². The minimum atomic E-state index is -0.598. The molecule has 7 nitrogen and oxygen atoms in total. The van der Waals surface area contributed by atoms with Gasteiger partial charge < -0.3 is 10.2 Å².